The van der Waals surface area contributed by atoms with E-state index in [1.807, 2.05) is 27.0 Å². The first kappa shape index (κ1) is 16.0. The molecule has 0 bridgehead atoms. The van der Waals surface area contributed by atoms with Crippen molar-refractivity contribution in [3.8, 4) is 0 Å². The lowest BCUT2D eigenvalue weighted by Gasteiger charge is -2.23. The van der Waals surface area contributed by atoms with E-state index in [9.17, 15) is 4.79 Å². The summed E-state index contributed by atoms with van der Waals surface area (Å²) in [6.45, 7) is 6.51. The second kappa shape index (κ2) is 5.96. The lowest BCUT2D eigenvalue weighted by Crippen LogP contribution is -2.29. The van der Waals surface area contributed by atoms with Crippen LogP contribution in [0.15, 0.2) is 18.5 Å². The number of nitrogens with zero attached hydrogens (tertiary/aromatic N) is 2. The van der Waals surface area contributed by atoms with Gasteiger partial charge >= 0.3 is 5.97 Å². The summed E-state index contributed by atoms with van der Waals surface area (Å²) in [6.07, 6.45) is 7.23. The van der Waals surface area contributed by atoms with Crippen LogP contribution >= 0.6 is 0 Å². The molecule has 2 N–H and O–H groups in total. The molecule has 5 nitrogen and oxygen atoms in total. The van der Waals surface area contributed by atoms with Gasteiger partial charge in [-0.15, -0.1) is 0 Å². The van der Waals surface area contributed by atoms with Crippen LogP contribution in [-0.4, -0.2) is 22.0 Å². The van der Waals surface area contributed by atoms with Crippen molar-refractivity contribution < 1.29 is 9.53 Å². The van der Waals surface area contributed by atoms with Gasteiger partial charge < -0.3 is 14.9 Å². The molecule has 23 heavy (non-hydrogen) atoms. The summed E-state index contributed by atoms with van der Waals surface area (Å²) in [4.78, 5) is 16.9. The van der Waals surface area contributed by atoms with E-state index in [0.29, 0.717) is 25.5 Å². The maximum absolute atomic E-state index is 12.2. The molecule has 2 heterocycles. The predicted octanol–water partition coefficient (Wildman–Crippen LogP) is 2.80. The number of carbonyl (C=O) groups is 1. The van der Waals surface area contributed by atoms with Gasteiger partial charge in [0.2, 0.25) is 0 Å². The standard InChI is InChI=1S/C18H25N3O2/c1-4-23-17(22)18(2,3)8-13-7-14(12-5-6-12)10-21-11-15(9-19)20-16(13)21/h7,10-12H,4-6,8-9,19H2,1-3H3. The molecule has 0 atom stereocenters. The van der Waals surface area contributed by atoms with Gasteiger partial charge in [-0.05, 0) is 57.1 Å². The van der Waals surface area contributed by atoms with Crippen molar-refractivity contribution in [3.05, 3.63) is 35.3 Å². The van der Waals surface area contributed by atoms with Crippen LogP contribution in [0.25, 0.3) is 5.65 Å². The summed E-state index contributed by atoms with van der Waals surface area (Å²) in [5, 5.41) is 0. The number of carbonyl (C=O) groups excluding carboxylic acids is 1. The zero-order valence-electron chi connectivity index (χ0n) is 14.1. The van der Waals surface area contributed by atoms with Gasteiger partial charge in [0, 0.05) is 18.9 Å². The molecule has 0 radical (unpaired) electrons. The smallest absolute Gasteiger partial charge is 0.311 e. The molecule has 0 saturated heterocycles. The first-order valence-electron chi connectivity index (χ1n) is 8.32. The molecule has 3 rings (SSSR count). The molecule has 1 aliphatic carbocycles. The number of esters is 1. The summed E-state index contributed by atoms with van der Waals surface area (Å²) < 4.78 is 7.28. The van der Waals surface area contributed by atoms with Gasteiger partial charge in [0.1, 0.15) is 5.65 Å². The van der Waals surface area contributed by atoms with Gasteiger partial charge in [0.15, 0.2) is 0 Å². The fraction of sp³-hybridized carbons (Fsp3) is 0.556. The van der Waals surface area contributed by atoms with Crippen LogP contribution in [0.4, 0.5) is 0 Å². The summed E-state index contributed by atoms with van der Waals surface area (Å²) >= 11 is 0. The average Bonchev–Trinajstić information content (AvgIpc) is 3.26. The third kappa shape index (κ3) is 3.24. The Morgan fingerprint density at radius 2 is 2.17 bits per heavy atom. The Morgan fingerprint density at radius 1 is 1.43 bits per heavy atom. The molecule has 0 aliphatic heterocycles. The average molecular weight is 315 g/mol. The van der Waals surface area contributed by atoms with Crippen LogP contribution < -0.4 is 5.73 Å². The van der Waals surface area contributed by atoms with E-state index in [0.717, 1.165) is 16.9 Å². The molecule has 1 saturated carbocycles. The van der Waals surface area contributed by atoms with Crippen molar-refractivity contribution in [2.45, 2.75) is 52.5 Å². The molecule has 124 valence electrons. The molecule has 5 heteroatoms. The van der Waals surface area contributed by atoms with Gasteiger partial charge in [-0.3, -0.25) is 4.79 Å². The molecular formula is C18H25N3O2. The zero-order chi connectivity index (χ0) is 16.6. The first-order chi connectivity index (χ1) is 10.9. The third-order valence-corrected chi connectivity index (χ3v) is 4.42. The summed E-state index contributed by atoms with van der Waals surface area (Å²) in [5.74, 6) is 0.480. The highest BCUT2D eigenvalue weighted by Crippen LogP contribution is 2.41. The van der Waals surface area contributed by atoms with Gasteiger partial charge in [0.25, 0.3) is 0 Å². The highest BCUT2D eigenvalue weighted by atomic mass is 16.5. The van der Waals surface area contributed by atoms with E-state index in [-0.39, 0.29) is 5.97 Å². The number of hydrogen-bond acceptors (Lipinski definition) is 4. The lowest BCUT2D eigenvalue weighted by molar-refractivity contribution is -0.153. The van der Waals surface area contributed by atoms with Crippen molar-refractivity contribution in [1.82, 2.24) is 9.38 Å². The Labute approximate surface area is 136 Å². The van der Waals surface area contributed by atoms with E-state index < -0.39 is 5.41 Å². The van der Waals surface area contributed by atoms with Crippen LogP contribution in [0.5, 0.6) is 0 Å². The van der Waals surface area contributed by atoms with Gasteiger partial charge in [-0.2, -0.15) is 0 Å². The van der Waals surface area contributed by atoms with Crippen molar-refractivity contribution in [2.24, 2.45) is 11.1 Å². The number of rotatable bonds is 6. The molecule has 0 aromatic carbocycles. The van der Waals surface area contributed by atoms with Crippen LogP contribution in [0.2, 0.25) is 0 Å². The maximum atomic E-state index is 12.2. The lowest BCUT2D eigenvalue weighted by atomic mass is 9.85. The third-order valence-electron chi connectivity index (χ3n) is 4.42. The molecule has 0 spiro atoms. The van der Waals surface area contributed by atoms with Crippen LogP contribution in [-0.2, 0) is 22.5 Å². The monoisotopic (exact) mass is 315 g/mol. The Kier molecular flexibility index (Phi) is 4.15. The second-order valence-corrected chi connectivity index (χ2v) is 7.02. The Balaban J connectivity index is 2.00. The van der Waals surface area contributed by atoms with Crippen LogP contribution in [0, 0.1) is 5.41 Å². The largest absolute Gasteiger partial charge is 0.466 e. The topological polar surface area (TPSA) is 69.6 Å². The number of ether oxygens (including phenoxy) is 1. The summed E-state index contributed by atoms with van der Waals surface area (Å²) in [6, 6.07) is 2.21. The van der Waals surface area contributed by atoms with Crippen molar-refractivity contribution in [2.75, 3.05) is 6.61 Å². The normalized spacial score (nSPS) is 15.1. The van der Waals surface area contributed by atoms with Crippen LogP contribution in [0.3, 0.4) is 0 Å². The predicted molar refractivity (Wildman–Crippen MR) is 89.2 cm³/mol. The molecular weight excluding hydrogens is 290 g/mol. The fourth-order valence-electron chi connectivity index (χ4n) is 2.99. The van der Waals surface area contributed by atoms with Crippen molar-refractivity contribution in [1.29, 1.82) is 0 Å². The summed E-state index contributed by atoms with van der Waals surface area (Å²) in [7, 11) is 0. The SMILES string of the molecule is CCOC(=O)C(C)(C)Cc1cc(C2CC2)cn2cc(CN)nc12. The highest BCUT2D eigenvalue weighted by Gasteiger charge is 2.32. The number of imidazole rings is 1. The minimum atomic E-state index is -0.576. The van der Waals surface area contributed by atoms with E-state index >= 15 is 0 Å². The van der Waals surface area contributed by atoms with Gasteiger partial charge in [-0.1, -0.05) is 6.07 Å². The minimum absolute atomic E-state index is 0.166. The maximum Gasteiger partial charge on any atom is 0.311 e. The van der Waals surface area contributed by atoms with E-state index in [1.54, 1.807) is 0 Å². The fourth-order valence-corrected chi connectivity index (χ4v) is 2.99. The number of hydrogen-bond donors (Lipinski definition) is 1. The van der Waals surface area contributed by atoms with Crippen molar-refractivity contribution in [3.63, 3.8) is 0 Å². The number of fused-ring (bicyclic) bond motifs is 1. The number of pyridine rings is 1. The highest BCUT2D eigenvalue weighted by molar-refractivity contribution is 5.76. The molecule has 0 unspecified atom stereocenters. The number of nitrogens with two attached hydrogens (primary N) is 1. The molecule has 1 aliphatic rings. The summed E-state index contributed by atoms with van der Waals surface area (Å²) in [5.41, 5.74) is 9.34. The second-order valence-electron chi connectivity index (χ2n) is 7.02. The molecule has 2 aromatic rings. The zero-order valence-corrected chi connectivity index (χ0v) is 14.1. The van der Waals surface area contributed by atoms with Crippen LogP contribution in [0.1, 0.15) is 56.4 Å². The minimum Gasteiger partial charge on any atom is -0.466 e. The Morgan fingerprint density at radius 3 is 2.78 bits per heavy atom. The van der Waals surface area contributed by atoms with E-state index in [1.165, 1.54) is 18.4 Å². The van der Waals surface area contributed by atoms with Crippen molar-refractivity contribution >= 4 is 11.6 Å². The van der Waals surface area contributed by atoms with E-state index in [2.05, 4.69) is 21.6 Å². The Hall–Kier alpha value is -1.88. The Bertz CT molecular complexity index is 729. The van der Waals surface area contributed by atoms with Gasteiger partial charge in [0.05, 0.1) is 17.7 Å². The first-order valence-corrected chi connectivity index (χ1v) is 8.32. The number of aromatic nitrogens is 2. The molecule has 2 aromatic heterocycles. The molecule has 1 fully saturated rings. The molecule has 0 amide bonds. The van der Waals surface area contributed by atoms with Gasteiger partial charge in [-0.25, -0.2) is 4.98 Å². The quantitative estimate of drug-likeness (QED) is 0.832. The van der Waals surface area contributed by atoms with E-state index in [4.69, 9.17) is 10.5 Å².